The van der Waals surface area contributed by atoms with Crippen molar-refractivity contribution in [2.75, 3.05) is 0 Å². The quantitative estimate of drug-likeness (QED) is 0.643. The molecule has 0 saturated carbocycles. The summed E-state index contributed by atoms with van der Waals surface area (Å²) >= 11 is 0. The zero-order valence-corrected chi connectivity index (χ0v) is 10.0. The maximum Gasteiger partial charge on any atom is 0.344 e. The Labute approximate surface area is 105 Å². The largest absolute Gasteiger partial charge is 0.422 e. The van der Waals surface area contributed by atoms with Crippen molar-refractivity contribution < 1.29 is 4.42 Å². The molecule has 0 unspecified atom stereocenters. The molecule has 0 bridgehead atoms. The number of aryl methyl sites for hydroxylation is 1. The van der Waals surface area contributed by atoms with E-state index in [1.807, 2.05) is 55.5 Å². The van der Waals surface area contributed by atoms with Crippen molar-refractivity contribution in [1.29, 1.82) is 0 Å². The van der Waals surface area contributed by atoms with Crippen LogP contribution < -0.4 is 5.63 Å². The molecule has 18 heavy (non-hydrogen) atoms. The first-order valence-corrected chi connectivity index (χ1v) is 5.84. The molecule has 0 fully saturated rings. The standard InChI is InChI=1S/C16H12O2/c1-11-6-8-12(9-7-11)15-10-13-4-2-3-5-14(13)16(17)18-15/h2-10H,1H3. The highest BCUT2D eigenvalue weighted by Crippen LogP contribution is 2.22. The molecule has 0 radical (unpaired) electrons. The van der Waals surface area contributed by atoms with Crippen molar-refractivity contribution in [3.8, 4) is 11.3 Å². The first kappa shape index (κ1) is 10.8. The second-order valence-corrected chi connectivity index (χ2v) is 4.35. The van der Waals surface area contributed by atoms with Gasteiger partial charge in [0.2, 0.25) is 0 Å². The second kappa shape index (κ2) is 4.15. The molecule has 2 heteroatoms. The summed E-state index contributed by atoms with van der Waals surface area (Å²) in [5.74, 6) is 0.610. The van der Waals surface area contributed by atoms with E-state index in [2.05, 4.69) is 0 Å². The van der Waals surface area contributed by atoms with Crippen molar-refractivity contribution >= 4 is 10.8 Å². The maximum absolute atomic E-state index is 11.9. The van der Waals surface area contributed by atoms with Gasteiger partial charge in [-0.15, -0.1) is 0 Å². The van der Waals surface area contributed by atoms with E-state index in [9.17, 15) is 4.79 Å². The van der Waals surface area contributed by atoms with Crippen molar-refractivity contribution in [2.24, 2.45) is 0 Å². The Kier molecular flexibility index (Phi) is 2.49. The Morgan fingerprint density at radius 3 is 2.44 bits per heavy atom. The minimum Gasteiger partial charge on any atom is -0.422 e. The van der Waals surface area contributed by atoms with E-state index < -0.39 is 0 Å². The molecular formula is C16H12O2. The number of rotatable bonds is 1. The van der Waals surface area contributed by atoms with Crippen LogP contribution in [0.4, 0.5) is 0 Å². The molecule has 0 saturated heterocycles. The van der Waals surface area contributed by atoms with Crippen LogP contribution in [-0.4, -0.2) is 0 Å². The SMILES string of the molecule is Cc1ccc(-c2cc3ccccc3c(=O)o2)cc1. The summed E-state index contributed by atoms with van der Waals surface area (Å²) in [6.45, 7) is 2.03. The highest BCUT2D eigenvalue weighted by Gasteiger charge is 2.05. The van der Waals surface area contributed by atoms with Crippen LogP contribution in [-0.2, 0) is 0 Å². The fourth-order valence-electron chi connectivity index (χ4n) is 1.99. The van der Waals surface area contributed by atoms with Crippen LogP contribution in [0.3, 0.4) is 0 Å². The first-order chi connectivity index (χ1) is 8.74. The molecule has 0 aliphatic carbocycles. The number of benzene rings is 2. The maximum atomic E-state index is 11.9. The van der Waals surface area contributed by atoms with Crippen molar-refractivity contribution in [3.05, 3.63) is 70.6 Å². The highest BCUT2D eigenvalue weighted by atomic mass is 16.4. The van der Waals surface area contributed by atoms with Gasteiger partial charge in [0, 0.05) is 5.56 Å². The van der Waals surface area contributed by atoms with Gasteiger partial charge in [-0.2, -0.15) is 0 Å². The van der Waals surface area contributed by atoms with Gasteiger partial charge < -0.3 is 4.42 Å². The van der Waals surface area contributed by atoms with Gasteiger partial charge in [-0.1, -0.05) is 48.0 Å². The molecule has 0 aliphatic rings. The lowest BCUT2D eigenvalue weighted by Gasteiger charge is -2.02. The number of fused-ring (bicyclic) bond motifs is 1. The van der Waals surface area contributed by atoms with Gasteiger partial charge in [-0.25, -0.2) is 4.79 Å². The molecule has 0 N–H and O–H groups in total. The lowest BCUT2D eigenvalue weighted by atomic mass is 10.1. The molecule has 1 heterocycles. The predicted octanol–water partition coefficient (Wildman–Crippen LogP) is 3.77. The molecule has 0 aliphatic heterocycles. The lowest BCUT2D eigenvalue weighted by molar-refractivity contribution is 0.535. The molecular weight excluding hydrogens is 224 g/mol. The van der Waals surface area contributed by atoms with Crippen molar-refractivity contribution in [1.82, 2.24) is 0 Å². The average molecular weight is 236 g/mol. The van der Waals surface area contributed by atoms with Crippen molar-refractivity contribution in [3.63, 3.8) is 0 Å². The zero-order chi connectivity index (χ0) is 12.5. The molecule has 0 atom stereocenters. The molecule has 2 nitrogen and oxygen atoms in total. The fourth-order valence-corrected chi connectivity index (χ4v) is 1.99. The molecule has 88 valence electrons. The summed E-state index contributed by atoms with van der Waals surface area (Å²) in [6.07, 6.45) is 0. The van der Waals surface area contributed by atoms with Gasteiger partial charge in [-0.3, -0.25) is 0 Å². The summed E-state index contributed by atoms with van der Waals surface area (Å²) in [7, 11) is 0. The summed E-state index contributed by atoms with van der Waals surface area (Å²) in [5, 5.41) is 1.53. The first-order valence-electron chi connectivity index (χ1n) is 5.84. The highest BCUT2D eigenvalue weighted by molar-refractivity contribution is 5.83. The molecule has 3 rings (SSSR count). The van der Waals surface area contributed by atoms with E-state index in [-0.39, 0.29) is 5.63 Å². The van der Waals surface area contributed by atoms with E-state index in [1.165, 1.54) is 5.56 Å². The zero-order valence-electron chi connectivity index (χ0n) is 10.0. The Bertz CT molecular complexity index is 752. The van der Waals surface area contributed by atoms with Crippen LogP contribution in [0.15, 0.2) is 63.8 Å². The Hall–Kier alpha value is -2.35. The normalized spacial score (nSPS) is 10.7. The monoisotopic (exact) mass is 236 g/mol. The fraction of sp³-hybridized carbons (Fsp3) is 0.0625. The number of hydrogen-bond donors (Lipinski definition) is 0. The Morgan fingerprint density at radius 2 is 1.67 bits per heavy atom. The third-order valence-corrected chi connectivity index (χ3v) is 3.01. The van der Waals surface area contributed by atoms with Gasteiger partial charge in [-0.05, 0) is 24.4 Å². The van der Waals surface area contributed by atoms with E-state index in [4.69, 9.17) is 4.42 Å². The minimum absolute atomic E-state index is 0.288. The van der Waals surface area contributed by atoms with Crippen LogP contribution in [0.1, 0.15) is 5.56 Å². The van der Waals surface area contributed by atoms with Gasteiger partial charge in [0.05, 0.1) is 5.39 Å². The molecule has 0 amide bonds. The van der Waals surface area contributed by atoms with Crippen LogP contribution in [0.5, 0.6) is 0 Å². The summed E-state index contributed by atoms with van der Waals surface area (Å²) in [5.41, 5.74) is 1.81. The Morgan fingerprint density at radius 1 is 0.944 bits per heavy atom. The summed E-state index contributed by atoms with van der Waals surface area (Å²) < 4.78 is 5.36. The molecule has 0 spiro atoms. The minimum atomic E-state index is -0.288. The topological polar surface area (TPSA) is 30.2 Å². The van der Waals surface area contributed by atoms with Gasteiger partial charge in [0.25, 0.3) is 0 Å². The van der Waals surface area contributed by atoms with Crippen molar-refractivity contribution in [2.45, 2.75) is 6.92 Å². The van der Waals surface area contributed by atoms with E-state index in [0.29, 0.717) is 11.1 Å². The third kappa shape index (κ3) is 1.82. The van der Waals surface area contributed by atoms with Gasteiger partial charge in [0.15, 0.2) is 0 Å². The Balaban J connectivity index is 2.24. The third-order valence-electron chi connectivity index (χ3n) is 3.01. The van der Waals surface area contributed by atoms with Crippen LogP contribution in [0.25, 0.3) is 22.1 Å². The van der Waals surface area contributed by atoms with Gasteiger partial charge in [0.1, 0.15) is 5.76 Å². The predicted molar refractivity (Wildman–Crippen MR) is 72.7 cm³/mol. The van der Waals surface area contributed by atoms with Crippen LogP contribution in [0.2, 0.25) is 0 Å². The van der Waals surface area contributed by atoms with Crippen LogP contribution in [0, 0.1) is 6.92 Å². The summed E-state index contributed by atoms with van der Waals surface area (Å²) in [4.78, 5) is 11.9. The average Bonchev–Trinajstić information content (AvgIpc) is 2.39. The smallest absolute Gasteiger partial charge is 0.344 e. The van der Waals surface area contributed by atoms with E-state index >= 15 is 0 Å². The second-order valence-electron chi connectivity index (χ2n) is 4.35. The molecule has 2 aromatic carbocycles. The molecule has 3 aromatic rings. The number of hydrogen-bond acceptors (Lipinski definition) is 2. The van der Waals surface area contributed by atoms with Gasteiger partial charge >= 0.3 is 5.63 Å². The summed E-state index contributed by atoms with van der Waals surface area (Å²) in [6, 6.07) is 17.3. The van der Waals surface area contributed by atoms with Crippen LogP contribution >= 0.6 is 0 Å². The van der Waals surface area contributed by atoms with E-state index in [0.717, 1.165) is 10.9 Å². The lowest BCUT2D eigenvalue weighted by Crippen LogP contribution is -1.99. The van der Waals surface area contributed by atoms with E-state index in [1.54, 1.807) is 6.07 Å². The molecule has 1 aromatic heterocycles.